The maximum atomic E-state index is 11.8. The summed E-state index contributed by atoms with van der Waals surface area (Å²) in [5, 5.41) is 7.70. The average Bonchev–Trinajstić information content (AvgIpc) is 2.99. The van der Waals surface area contributed by atoms with E-state index in [0.717, 1.165) is 35.3 Å². The molecule has 0 aliphatic carbocycles. The van der Waals surface area contributed by atoms with E-state index in [1.54, 1.807) is 4.52 Å². The molecule has 2 heterocycles. The molecule has 0 aliphatic heterocycles. The van der Waals surface area contributed by atoms with Crippen LogP contribution in [0.15, 0.2) is 48.8 Å². The molecule has 0 unspecified atom stereocenters. The van der Waals surface area contributed by atoms with Crippen LogP contribution in [0.5, 0.6) is 0 Å². The normalized spacial score (nSPS) is 11.1. The van der Waals surface area contributed by atoms with Gasteiger partial charge in [0.05, 0.1) is 23.0 Å². The van der Waals surface area contributed by atoms with E-state index in [0.29, 0.717) is 11.5 Å². The number of anilines is 1. The number of amides is 1. The van der Waals surface area contributed by atoms with E-state index in [4.69, 9.17) is 5.73 Å². The molecule has 124 valence electrons. The van der Waals surface area contributed by atoms with Gasteiger partial charge in [-0.3, -0.25) is 4.79 Å². The number of fused-ring (bicyclic) bond motifs is 1. The smallest absolute Gasteiger partial charge is 0.252 e. The van der Waals surface area contributed by atoms with Crippen molar-refractivity contribution in [2.45, 2.75) is 20.3 Å². The average molecular weight is 322 g/mol. The van der Waals surface area contributed by atoms with Gasteiger partial charge in [0.1, 0.15) is 0 Å². The number of benzene rings is 1. The van der Waals surface area contributed by atoms with Crippen LogP contribution in [0.25, 0.3) is 16.6 Å². The van der Waals surface area contributed by atoms with Crippen molar-refractivity contribution in [2.75, 3.05) is 11.9 Å². The van der Waals surface area contributed by atoms with Gasteiger partial charge in [-0.25, -0.2) is 4.52 Å². The van der Waals surface area contributed by atoms with Crippen LogP contribution in [0, 0.1) is 5.92 Å². The molecule has 0 spiro atoms. The highest BCUT2D eigenvalue weighted by Gasteiger charge is 2.15. The highest BCUT2D eigenvalue weighted by molar-refractivity contribution is 6.02. The number of nitrogens with zero attached hydrogens (tertiary/aromatic N) is 2. The molecular formula is C19H22N4O. The molecule has 3 aromatic rings. The highest BCUT2D eigenvalue weighted by atomic mass is 16.1. The van der Waals surface area contributed by atoms with Crippen LogP contribution >= 0.6 is 0 Å². The van der Waals surface area contributed by atoms with Crippen LogP contribution in [-0.4, -0.2) is 22.1 Å². The third kappa shape index (κ3) is 3.25. The van der Waals surface area contributed by atoms with Crippen molar-refractivity contribution in [3.8, 4) is 11.1 Å². The van der Waals surface area contributed by atoms with E-state index in [2.05, 4.69) is 36.4 Å². The lowest BCUT2D eigenvalue weighted by molar-refractivity contribution is 0.100. The lowest BCUT2D eigenvalue weighted by Crippen LogP contribution is -2.17. The van der Waals surface area contributed by atoms with Gasteiger partial charge in [-0.2, -0.15) is 5.10 Å². The lowest BCUT2D eigenvalue weighted by atomic mass is 10.1. The first kappa shape index (κ1) is 16.1. The molecule has 1 amide bonds. The summed E-state index contributed by atoms with van der Waals surface area (Å²) in [4.78, 5) is 11.8. The number of hydrogen-bond donors (Lipinski definition) is 2. The molecule has 5 heteroatoms. The topological polar surface area (TPSA) is 72.4 Å². The number of carbonyl (C=O) groups excluding carboxylic acids is 1. The number of rotatable bonds is 6. The van der Waals surface area contributed by atoms with E-state index in [1.165, 1.54) is 6.20 Å². The molecule has 24 heavy (non-hydrogen) atoms. The second-order valence-corrected chi connectivity index (χ2v) is 6.33. The first-order valence-electron chi connectivity index (χ1n) is 8.16. The minimum Gasteiger partial charge on any atom is -0.383 e. The predicted molar refractivity (Wildman–Crippen MR) is 97.1 cm³/mol. The monoisotopic (exact) mass is 322 g/mol. The summed E-state index contributed by atoms with van der Waals surface area (Å²) in [6, 6.07) is 12.1. The van der Waals surface area contributed by atoms with E-state index >= 15 is 0 Å². The zero-order valence-electron chi connectivity index (χ0n) is 14.0. The maximum Gasteiger partial charge on any atom is 0.252 e. The summed E-state index contributed by atoms with van der Waals surface area (Å²) in [6.45, 7) is 5.12. The second kappa shape index (κ2) is 6.74. The van der Waals surface area contributed by atoms with Crippen molar-refractivity contribution in [2.24, 2.45) is 11.7 Å². The third-order valence-corrected chi connectivity index (χ3v) is 4.03. The van der Waals surface area contributed by atoms with Crippen molar-refractivity contribution < 1.29 is 4.79 Å². The van der Waals surface area contributed by atoms with Gasteiger partial charge in [0.2, 0.25) is 0 Å². The lowest BCUT2D eigenvalue weighted by Gasteiger charge is -2.12. The van der Waals surface area contributed by atoms with Gasteiger partial charge in [-0.15, -0.1) is 0 Å². The molecule has 0 fully saturated rings. The van der Waals surface area contributed by atoms with Crippen LogP contribution in [0.3, 0.4) is 0 Å². The molecule has 0 radical (unpaired) electrons. The fourth-order valence-corrected chi connectivity index (χ4v) is 2.70. The first-order chi connectivity index (χ1) is 11.6. The molecule has 3 N–H and O–H groups in total. The minimum atomic E-state index is -0.473. The van der Waals surface area contributed by atoms with Crippen LogP contribution in [-0.2, 0) is 0 Å². The van der Waals surface area contributed by atoms with Gasteiger partial charge in [-0.05, 0) is 24.0 Å². The van der Waals surface area contributed by atoms with E-state index < -0.39 is 5.91 Å². The number of nitrogens with two attached hydrogens (primary N) is 1. The Balaban J connectivity index is 2.05. The molecule has 0 saturated carbocycles. The summed E-state index contributed by atoms with van der Waals surface area (Å²) < 4.78 is 1.78. The zero-order valence-corrected chi connectivity index (χ0v) is 14.0. The Morgan fingerprint density at radius 1 is 1.25 bits per heavy atom. The van der Waals surface area contributed by atoms with Crippen LogP contribution in [0.4, 0.5) is 5.69 Å². The number of hydrogen-bond acceptors (Lipinski definition) is 3. The van der Waals surface area contributed by atoms with Gasteiger partial charge >= 0.3 is 0 Å². The van der Waals surface area contributed by atoms with Gasteiger partial charge in [0.15, 0.2) is 0 Å². The summed E-state index contributed by atoms with van der Waals surface area (Å²) in [7, 11) is 0. The van der Waals surface area contributed by atoms with Crippen LogP contribution < -0.4 is 11.1 Å². The molecule has 3 rings (SSSR count). The molecule has 0 saturated heterocycles. The van der Waals surface area contributed by atoms with Crippen LogP contribution in [0.1, 0.15) is 30.6 Å². The number of primary amides is 1. The van der Waals surface area contributed by atoms with Crippen molar-refractivity contribution >= 4 is 17.1 Å². The van der Waals surface area contributed by atoms with Crippen molar-refractivity contribution in [1.82, 2.24) is 9.61 Å². The Labute approximate surface area is 141 Å². The minimum absolute atomic E-state index is 0.420. The fourth-order valence-electron chi connectivity index (χ4n) is 2.70. The van der Waals surface area contributed by atoms with Gasteiger partial charge in [-0.1, -0.05) is 44.2 Å². The largest absolute Gasteiger partial charge is 0.383 e. The van der Waals surface area contributed by atoms with E-state index in [1.807, 2.05) is 30.5 Å². The Bertz CT molecular complexity index is 852. The van der Waals surface area contributed by atoms with Gasteiger partial charge < -0.3 is 11.1 Å². The fraction of sp³-hybridized carbons (Fsp3) is 0.263. The Morgan fingerprint density at radius 3 is 2.67 bits per heavy atom. The first-order valence-corrected chi connectivity index (χ1v) is 8.16. The molecule has 0 bridgehead atoms. The Hall–Kier alpha value is -2.82. The summed E-state index contributed by atoms with van der Waals surface area (Å²) in [6.07, 6.45) is 4.50. The maximum absolute atomic E-state index is 11.8. The SMILES string of the molecule is CC(C)CCNc1c(C(N)=O)cnn2cc(-c3ccccc3)cc12. The zero-order chi connectivity index (χ0) is 17.1. The molecule has 2 aromatic heterocycles. The van der Waals surface area contributed by atoms with Crippen molar-refractivity contribution in [1.29, 1.82) is 0 Å². The second-order valence-electron chi connectivity index (χ2n) is 6.33. The predicted octanol–water partition coefficient (Wildman–Crippen LogP) is 3.56. The summed E-state index contributed by atoms with van der Waals surface area (Å²) in [5.74, 6) is 0.110. The number of carbonyl (C=O) groups is 1. The summed E-state index contributed by atoms with van der Waals surface area (Å²) >= 11 is 0. The van der Waals surface area contributed by atoms with Gasteiger partial charge in [0, 0.05) is 18.3 Å². The van der Waals surface area contributed by atoms with Crippen molar-refractivity contribution in [3.63, 3.8) is 0 Å². The van der Waals surface area contributed by atoms with E-state index in [9.17, 15) is 4.79 Å². The highest BCUT2D eigenvalue weighted by Crippen LogP contribution is 2.28. The van der Waals surface area contributed by atoms with Crippen molar-refractivity contribution in [3.05, 3.63) is 54.4 Å². The standard InChI is InChI=1S/C19H22N4O/c1-13(2)8-9-21-18-16(19(20)24)11-22-23-12-15(10-17(18)23)14-6-4-3-5-7-14/h3-7,10-13,21H,8-9H2,1-2H3,(H2,20,24). The molecular weight excluding hydrogens is 300 g/mol. The van der Waals surface area contributed by atoms with E-state index in [-0.39, 0.29) is 0 Å². The Morgan fingerprint density at radius 2 is 2.00 bits per heavy atom. The van der Waals surface area contributed by atoms with Gasteiger partial charge in [0.25, 0.3) is 5.91 Å². The molecule has 5 nitrogen and oxygen atoms in total. The number of aromatic nitrogens is 2. The number of nitrogens with one attached hydrogen (secondary N) is 1. The molecule has 1 aromatic carbocycles. The van der Waals surface area contributed by atoms with Crippen LogP contribution in [0.2, 0.25) is 0 Å². The quantitative estimate of drug-likeness (QED) is 0.729. The third-order valence-electron chi connectivity index (χ3n) is 4.03. The summed E-state index contributed by atoms with van der Waals surface area (Å²) in [5.41, 5.74) is 9.71. The Kier molecular flexibility index (Phi) is 4.51. The molecule has 0 atom stereocenters. The molecule has 0 aliphatic rings.